The SMILES string of the molecule is CC(C)(C)c1ccc(-c2ncnc3cc(-c4ccc(F)cc4F)sc23)cc1. The van der Waals surface area contributed by atoms with Crippen LogP contribution in [0, 0.1) is 11.6 Å². The lowest BCUT2D eigenvalue weighted by molar-refractivity contribution is 0.586. The zero-order valence-corrected chi connectivity index (χ0v) is 16.1. The van der Waals surface area contributed by atoms with Crippen LogP contribution in [0.4, 0.5) is 8.78 Å². The van der Waals surface area contributed by atoms with E-state index in [1.807, 2.05) is 6.07 Å². The molecule has 0 aliphatic heterocycles. The van der Waals surface area contributed by atoms with Gasteiger partial charge < -0.3 is 0 Å². The quantitative estimate of drug-likeness (QED) is 0.391. The van der Waals surface area contributed by atoms with Crippen LogP contribution in [0.25, 0.3) is 31.9 Å². The molecule has 0 saturated heterocycles. The molecule has 0 N–H and O–H groups in total. The summed E-state index contributed by atoms with van der Waals surface area (Å²) in [6, 6.07) is 13.8. The fraction of sp³-hybridized carbons (Fsp3) is 0.182. The Balaban J connectivity index is 1.82. The number of rotatable bonds is 2. The van der Waals surface area contributed by atoms with Crippen LogP contribution >= 0.6 is 11.3 Å². The molecule has 136 valence electrons. The van der Waals surface area contributed by atoms with E-state index in [9.17, 15) is 8.78 Å². The number of thiophene rings is 1. The van der Waals surface area contributed by atoms with E-state index in [1.165, 1.54) is 35.4 Å². The second kappa shape index (κ2) is 6.50. The molecule has 27 heavy (non-hydrogen) atoms. The Morgan fingerprint density at radius 2 is 1.63 bits per heavy atom. The van der Waals surface area contributed by atoms with E-state index < -0.39 is 11.6 Å². The fourth-order valence-corrected chi connectivity index (χ4v) is 4.16. The molecular formula is C22H18F2N2S. The van der Waals surface area contributed by atoms with Crippen molar-refractivity contribution < 1.29 is 8.78 Å². The Hall–Kier alpha value is -2.66. The van der Waals surface area contributed by atoms with Gasteiger partial charge in [0.25, 0.3) is 0 Å². The van der Waals surface area contributed by atoms with Gasteiger partial charge in [0.15, 0.2) is 0 Å². The number of aromatic nitrogens is 2. The predicted octanol–water partition coefficient (Wildman–Crippen LogP) is 6.60. The van der Waals surface area contributed by atoms with Crippen LogP contribution in [0.2, 0.25) is 0 Å². The largest absolute Gasteiger partial charge is 0.235 e. The summed E-state index contributed by atoms with van der Waals surface area (Å²) in [7, 11) is 0. The maximum atomic E-state index is 14.2. The smallest absolute Gasteiger partial charge is 0.134 e. The first-order valence-corrected chi connectivity index (χ1v) is 9.45. The molecule has 0 fully saturated rings. The molecule has 0 spiro atoms. The van der Waals surface area contributed by atoms with Crippen molar-refractivity contribution in [1.29, 1.82) is 0 Å². The number of hydrogen-bond donors (Lipinski definition) is 0. The molecule has 0 atom stereocenters. The zero-order chi connectivity index (χ0) is 19.2. The van der Waals surface area contributed by atoms with Gasteiger partial charge in [0, 0.05) is 22.1 Å². The van der Waals surface area contributed by atoms with Gasteiger partial charge in [0.2, 0.25) is 0 Å². The molecule has 0 bridgehead atoms. The van der Waals surface area contributed by atoms with Crippen LogP contribution in [0.3, 0.4) is 0 Å². The van der Waals surface area contributed by atoms with Crippen molar-refractivity contribution in [2.45, 2.75) is 26.2 Å². The highest BCUT2D eigenvalue weighted by atomic mass is 32.1. The van der Waals surface area contributed by atoms with Crippen molar-refractivity contribution in [1.82, 2.24) is 9.97 Å². The van der Waals surface area contributed by atoms with Crippen LogP contribution in [-0.4, -0.2) is 9.97 Å². The minimum absolute atomic E-state index is 0.0791. The number of halogens is 2. The van der Waals surface area contributed by atoms with Gasteiger partial charge in [-0.05, 0) is 29.2 Å². The molecule has 5 heteroatoms. The van der Waals surface area contributed by atoms with Gasteiger partial charge in [0.05, 0.1) is 15.9 Å². The molecular weight excluding hydrogens is 362 g/mol. The lowest BCUT2D eigenvalue weighted by Gasteiger charge is -2.19. The molecule has 2 nitrogen and oxygen atoms in total. The van der Waals surface area contributed by atoms with E-state index in [1.54, 1.807) is 0 Å². The van der Waals surface area contributed by atoms with Crippen LogP contribution in [0.15, 0.2) is 54.9 Å². The first kappa shape index (κ1) is 17.7. The molecule has 0 aliphatic carbocycles. The highest BCUT2D eigenvalue weighted by molar-refractivity contribution is 7.22. The van der Waals surface area contributed by atoms with E-state index in [2.05, 4.69) is 55.0 Å². The monoisotopic (exact) mass is 380 g/mol. The lowest BCUT2D eigenvalue weighted by Crippen LogP contribution is -2.10. The molecule has 4 rings (SSSR count). The maximum Gasteiger partial charge on any atom is 0.134 e. The molecule has 0 radical (unpaired) electrons. The maximum absolute atomic E-state index is 14.2. The van der Waals surface area contributed by atoms with Crippen LogP contribution in [-0.2, 0) is 5.41 Å². The average Bonchev–Trinajstić information content (AvgIpc) is 3.05. The van der Waals surface area contributed by atoms with E-state index >= 15 is 0 Å². The highest BCUT2D eigenvalue weighted by Crippen LogP contribution is 2.38. The zero-order valence-electron chi connectivity index (χ0n) is 15.3. The Bertz CT molecular complexity index is 1130. The topological polar surface area (TPSA) is 25.8 Å². The molecule has 2 aromatic heterocycles. The first-order chi connectivity index (χ1) is 12.8. The summed E-state index contributed by atoms with van der Waals surface area (Å²) in [6.07, 6.45) is 1.52. The number of fused-ring (bicyclic) bond motifs is 1. The number of hydrogen-bond acceptors (Lipinski definition) is 3. The van der Waals surface area contributed by atoms with E-state index in [0.29, 0.717) is 10.4 Å². The predicted molar refractivity (Wildman–Crippen MR) is 107 cm³/mol. The summed E-state index contributed by atoms with van der Waals surface area (Å²) in [6.45, 7) is 6.52. The highest BCUT2D eigenvalue weighted by Gasteiger charge is 2.16. The van der Waals surface area contributed by atoms with E-state index in [0.717, 1.165) is 27.5 Å². The third kappa shape index (κ3) is 3.35. The first-order valence-electron chi connectivity index (χ1n) is 8.64. The molecule has 2 heterocycles. The van der Waals surface area contributed by atoms with Crippen molar-refractivity contribution in [2.75, 3.05) is 0 Å². The van der Waals surface area contributed by atoms with Gasteiger partial charge in [-0.15, -0.1) is 11.3 Å². The molecule has 0 aliphatic rings. The Kier molecular flexibility index (Phi) is 4.27. The third-order valence-electron chi connectivity index (χ3n) is 4.53. The molecule has 0 unspecified atom stereocenters. The Morgan fingerprint density at radius 1 is 0.889 bits per heavy atom. The van der Waals surface area contributed by atoms with E-state index in [-0.39, 0.29) is 5.41 Å². The van der Waals surface area contributed by atoms with Crippen LogP contribution in [0.5, 0.6) is 0 Å². The summed E-state index contributed by atoms with van der Waals surface area (Å²) in [4.78, 5) is 9.48. The molecule has 0 amide bonds. The summed E-state index contributed by atoms with van der Waals surface area (Å²) in [5, 5.41) is 0. The summed E-state index contributed by atoms with van der Waals surface area (Å²) < 4.78 is 28.3. The van der Waals surface area contributed by atoms with Gasteiger partial charge in [-0.25, -0.2) is 18.7 Å². The average molecular weight is 380 g/mol. The van der Waals surface area contributed by atoms with Gasteiger partial charge >= 0.3 is 0 Å². The van der Waals surface area contributed by atoms with Crippen molar-refractivity contribution in [2.24, 2.45) is 0 Å². The molecule has 2 aromatic carbocycles. The molecule has 0 saturated carbocycles. The minimum atomic E-state index is -0.586. The Morgan fingerprint density at radius 3 is 2.30 bits per heavy atom. The fourth-order valence-electron chi connectivity index (χ4n) is 3.01. The Labute approximate surface area is 160 Å². The minimum Gasteiger partial charge on any atom is -0.235 e. The number of nitrogens with zero attached hydrogens (tertiary/aromatic N) is 2. The van der Waals surface area contributed by atoms with Gasteiger partial charge in [-0.1, -0.05) is 45.0 Å². The second-order valence-electron chi connectivity index (χ2n) is 7.50. The van der Waals surface area contributed by atoms with Crippen molar-refractivity contribution in [3.8, 4) is 21.7 Å². The van der Waals surface area contributed by atoms with Crippen LogP contribution < -0.4 is 0 Å². The van der Waals surface area contributed by atoms with Crippen molar-refractivity contribution in [3.05, 3.63) is 72.1 Å². The summed E-state index contributed by atoms with van der Waals surface area (Å²) in [5.74, 6) is -1.16. The molecule has 4 aromatic rings. The van der Waals surface area contributed by atoms with Gasteiger partial charge in [-0.3, -0.25) is 0 Å². The van der Waals surface area contributed by atoms with Crippen LogP contribution in [0.1, 0.15) is 26.3 Å². The number of benzene rings is 2. The third-order valence-corrected chi connectivity index (χ3v) is 5.70. The second-order valence-corrected chi connectivity index (χ2v) is 8.55. The summed E-state index contributed by atoms with van der Waals surface area (Å²) in [5.41, 5.74) is 4.26. The summed E-state index contributed by atoms with van der Waals surface area (Å²) >= 11 is 1.41. The van der Waals surface area contributed by atoms with Crippen molar-refractivity contribution >= 4 is 21.6 Å². The normalized spacial score (nSPS) is 11.9. The van der Waals surface area contributed by atoms with E-state index in [4.69, 9.17) is 0 Å². The van der Waals surface area contributed by atoms with Gasteiger partial charge in [0.1, 0.15) is 18.0 Å². The standard InChI is InChI=1S/C22H18F2N2S/c1-22(2,3)14-6-4-13(5-7-14)20-21-18(25-12-26-20)11-19(27-21)16-9-8-15(23)10-17(16)24/h4-12H,1-3H3. The lowest BCUT2D eigenvalue weighted by atomic mass is 9.86. The van der Waals surface area contributed by atoms with Crippen molar-refractivity contribution in [3.63, 3.8) is 0 Å². The van der Waals surface area contributed by atoms with Gasteiger partial charge in [-0.2, -0.15) is 0 Å².